The van der Waals surface area contributed by atoms with Gasteiger partial charge in [0.2, 0.25) is 0 Å². The average Bonchev–Trinajstić information content (AvgIpc) is 2.42. The number of nitrogens with one attached hydrogen (secondary N) is 1. The van der Waals surface area contributed by atoms with E-state index in [1.54, 1.807) is 24.4 Å². The van der Waals surface area contributed by atoms with E-state index < -0.39 is 0 Å². The minimum atomic E-state index is -0.300. The second kappa shape index (κ2) is 6.54. The Balaban J connectivity index is 1.93. The van der Waals surface area contributed by atoms with E-state index in [4.69, 9.17) is 16.3 Å². The van der Waals surface area contributed by atoms with Crippen LogP contribution in [0.2, 0.25) is 5.15 Å². The molecule has 6 heteroatoms. The maximum absolute atomic E-state index is 11.7. The molecule has 2 rings (SSSR count). The van der Waals surface area contributed by atoms with Crippen LogP contribution in [0.25, 0.3) is 0 Å². The molecule has 0 aliphatic carbocycles. The number of amides is 1. The van der Waals surface area contributed by atoms with Crippen molar-refractivity contribution in [2.75, 3.05) is 11.9 Å². The highest BCUT2D eigenvalue weighted by atomic mass is 79.9. The Morgan fingerprint density at radius 2 is 2.11 bits per heavy atom. The van der Waals surface area contributed by atoms with Crippen molar-refractivity contribution in [1.82, 2.24) is 4.98 Å². The maximum atomic E-state index is 11.7. The highest BCUT2D eigenvalue weighted by molar-refractivity contribution is 9.10. The predicted octanol–water partition coefficient (Wildman–Crippen LogP) is 3.52. The molecule has 98 valence electrons. The molecule has 1 heterocycles. The van der Waals surface area contributed by atoms with E-state index in [2.05, 4.69) is 26.2 Å². The molecule has 0 unspecified atom stereocenters. The van der Waals surface area contributed by atoms with Crippen LogP contribution >= 0.6 is 27.5 Å². The number of ether oxygens (including phenoxy) is 1. The lowest BCUT2D eigenvalue weighted by Gasteiger charge is -2.08. The number of aromatic nitrogens is 1. The van der Waals surface area contributed by atoms with E-state index in [1.165, 1.54) is 0 Å². The van der Waals surface area contributed by atoms with Crippen molar-refractivity contribution in [2.45, 2.75) is 0 Å². The molecule has 1 aromatic heterocycles. The van der Waals surface area contributed by atoms with Crippen molar-refractivity contribution < 1.29 is 9.53 Å². The predicted molar refractivity (Wildman–Crippen MR) is 77.5 cm³/mol. The van der Waals surface area contributed by atoms with Crippen LogP contribution < -0.4 is 10.1 Å². The zero-order chi connectivity index (χ0) is 13.7. The summed E-state index contributed by atoms with van der Waals surface area (Å²) in [7, 11) is 0. The lowest BCUT2D eigenvalue weighted by molar-refractivity contribution is -0.118. The lowest BCUT2D eigenvalue weighted by atomic mass is 10.3. The summed E-state index contributed by atoms with van der Waals surface area (Å²) in [4.78, 5) is 15.6. The molecule has 0 fully saturated rings. The molecular formula is C13H10BrClN2O2. The molecule has 1 N–H and O–H groups in total. The molecule has 1 amide bonds. The number of para-hydroxylation sites is 1. The number of carbonyl (C=O) groups is 1. The van der Waals surface area contributed by atoms with E-state index in [1.807, 2.05) is 18.2 Å². The highest BCUT2D eigenvalue weighted by Gasteiger charge is 2.08. The first kappa shape index (κ1) is 13.8. The van der Waals surface area contributed by atoms with Gasteiger partial charge in [-0.25, -0.2) is 4.98 Å². The van der Waals surface area contributed by atoms with Gasteiger partial charge in [0.15, 0.2) is 11.8 Å². The minimum absolute atomic E-state index is 0.0904. The van der Waals surface area contributed by atoms with Crippen LogP contribution in [0.15, 0.2) is 47.1 Å². The molecule has 2 aromatic rings. The molecule has 0 aliphatic rings. The molecule has 19 heavy (non-hydrogen) atoms. The van der Waals surface area contributed by atoms with Crippen molar-refractivity contribution in [3.05, 3.63) is 52.2 Å². The average molecular weight is 342 g/mol. The lowest BCUT2D eigenvalue weighted by Crippen LogP contribution is -2.20. The number of pyridine rings is 1. The van der Waals surface area contributed by atoms with E-state index in [-0.39, 0.29) is 17.7 Å². The second-order valence-corrected chi connectivity index (χ2v) is 4.92. The zero-order valence-corrected chi connectivity index (χ0v) is 12.1. The van der Waals surface area contributed by atoms with E-state index >= 15 is 0 Å². The molecule has 0 saturated heterocycles. The maximum Gasteiger partial charge on any atom is 0.262 e. The van der Waals surface area contributed by atoms with Gasteiger partial charge in [0.1, 0.15) is 5.75 Å². The molecule has 0 atom stereocenters. The van der Waals surface area contributed by atoms with Crippen molar-refractivity contribution in [2.24, 2.45) is 0 Å². The summed E-state index contributed by atoms with van der Waals surface area (Å²) in [6.07, 6.45) is 1.55. The smallest absolute Gasteiger partial charge is 0.262 e. The Morgan fingerprint density at radius 1 is 1.37 bits per heavy atom. The zero-order valence-electron chi connectivity index (χ0n) is 9.77. The third kappa shape index (κ3) is 4.22. The highest BCUT2D eigenvalue weighted by Crippen LogP contribution is 2.22. The number of hydrogen-bond donors (Lipinski definition) is 1. The van der Waals surface area contributed by atoms with Crippen molar-refractivity contribution in [3.8, 4) is 5.75 Å². The van der Waals surface area contributed by atoms with Crippen LogP contribution in [0.1, 0.15) is 0 Å². The third-order valence-corrected chi connectivity index (χ3v) is 2.93. The van der Waals surface area contributed by atoms with Gasteiger partial charge < -0.3 is 10.1 Å². The first-order valence-electron chi connectivity index (χ1n) is 5.44. The van der Waals surface area contributed by atoms with Crippen LogP contribution in [0.3, 0.4) is 0 Å². The molecule has 0 bridgehead atoms. The summed E-state index contributed by atoms with van der Waals surface area (Å²) >= 11 is 9.13. The van der Waals surface area contributed by atoms with E-state index in [0.29, 0.717) is 11.4 Å². The third-order valence-electron chi connectivity index (χ3n) is 2.19. The quantitative estimate of drug-likeness (QED) is 0.866. The summed E-state index contributed by atoms with van der Waals surface area (Å²) in [5, 5.41) is 2.87. The van der Waals surface area contributed by atoms with Gasteiger partial charge in [0.25, 0.3) is 5.91 Å². The van der Waals surface area contributed by atoms with Gasteiger partial charge in [0.05, 0.1) is 5.69 Å². The van der Waals surface area contributed by atoms with Gasteiger partial charge in [-0.05, 0) is 34.1 Å². The molecule has 4 nitrogen and oxygen atoms in total. The number of benzene rings is 1. The first-order chi connectivity index (χ1) is 9.15. The Kier molecular flexibility index (Phi) is 4.76. The van der Waals surface area contributed by atoms with Crippen molar-refractivity contribution in [1.29, 1.82) is 0 Å². The Labute approximate surface area is 123 Å². The van der Waals surface area contributed by atoms with Crippen molar-refractivity contribution in [3.63, 3.8) is 0 Å². The van der Waals surface area contributed by atoms with Gasteiger partial charge in [0, 0.05) is 10.7 Å². The van der Waals surface area contributed by atoms with Crippen LogP contribution in [0, 0.1) is 0 Å². The van der Waals surface area contributed by atoms with Gasteiger partial charge >= 0.3 is 0 Å². The molecule has 0 saturated carbocycles. The van der Waals surface area contributed by atoms with Gasteiger partial charge in [-0.15, -0.1) is 0 Å². The Bertz CT molecular complexity index is 578. The number of halogens is 2. The summed E-state index contributed by atoms with van der Waals surface area (Å²) in [5.41, 5.74) is 0.442. The number of hydrogen-bond acceptors (Lipinski definition) is 3. The van der Waals surface area contributed by atoms with E-state index in [9.17, 15) is 4.79 Å². The topological polar surface area (TPSA) is 51.2 Å². The van der Waals surface area contributed by atoms with Crippen LogP contribution in [0.4, 0.5) is 5.69 Å². The fraction of sp³-hybridized carbons (Fsp3) is 0.0769. The molecular weight excluding hydrogens is 332 g/mol. The fourth-order valence-electron chi connectivity index (χ4n) is 1.36. The van der Waals surface area contributed by atoms with Gasteiger partial charge in [-0.3, -0.25) is 4.79 Å². The first-order valence-corrected chi connectivity index (χ1v) is 6.61. The molecule has 1 aromatic carbocycles. The van der Waals surface area contributed by atoms with Crippen LogP contribution in [-0.4, -0.2) is 17.5 Å². The monoisotopic (exact) mass is 340 g/mol. The number of rotatable bonds is 4. The summed E-state index contributed by atoms with van der Waals surface area (Å²) in [6, 6.07) is 10.8. The molecule has 0 spiro atoms. The van der Waals surface area contributed by atoms with Crippen LogP contribution in [0.5, 0.6) is 5.75 Å². The molecule has 0 aliphatic heterocycles. The normalized spacial score (nSPS) is 10.0. The second-order valence-electron chi connectivity index (χ2n) is 3.64. The number of carbonyl (C=O) groups excluding carboxylic acids is 1. The number of nitrogens with zero attached hydrogens (tertiary/aromatic N) is 1. The standard InChI is InChI=1S/C13H10BrClN2O2/c14-9-6-11(13(15)16-7-9)17-12(18)8-19-10-4-2-1-3-5-10/h1-7H,8H2,(H,17,18). The molecule has 0 radical (unpaired) electrons. The largest absolute Gasteiger partial charge is 0.484 e. The Morgan fingerprint density at radius 3 is 2.84 bits per heavy atom. The summed E-state index contributed by atoms with van der Waals surface area (Å²) in [6.45, 7) is -0.0904. The number of anilines is 1. The SMILES string of the molecule is O=C(COc1ccccc1)Nc1cc(Br)cnc1Cl. The minimum Gasteiger partial charge on any atom is -0.484 e. The summed E-state index contributed by atoms with van der Waals surface area (Å²) in [5.74, 6) is 0.335. The van der Waals surface area contributed by atoms with Crippen molar-refractivity contribution >= 4 is 39.1 Å². The summed E-state index contributed by atoms with van der Waals surface area (Å²) < 4.78 is 6.06. The van der Waals surface area contributed by atoms with Gasteiger partial charge in [-0.2, -0.15) is 0 Å². The van der Waals surface area contributed by atoms with Crippen LogP contribution in [-0.2, 0) is 4.79 Å². The fourth-order valence-corrected chi connectivity index (χ4v) is 1.84. The Hall–Kier alpha value is -1.59. The van der Waals surface area contributed by atoms with E-state index in [0.717, 1.165) is 4.47 Å². The van der Waals surface area contributed by atoms with Gasteiger partial charge in [-0.1, -0.05) is 29.8 Å².